The third-order valence-electron chi connectivity index (χ3n) is 4.29. The Morgan fingerprint density at radius 2 is 1.92 bits per heavy atom. The predicted molar refractivity (Wildman–Crippen MR) is 94.4 cm³/mol. The van der Waals surface area contributed by atoms with Crippen LogP contribution in [0.1, 0.15) is 40.5 Å². The SMILES string of the molecule is COC(=O)c1ccc(NC(=O)NC(c2ncccc2C)C2CC2)cc1. The highest BCUT2D eigenvalue weighted by atomic mass is 16.5. The van der Waals surface area contributed by atoms with Crippen molar-refractivity contribution < 1.29 is 14.3 Å². The first-order valence-corrected chi connectivity index (χ1v) is 8.26. The number of nitrogens with one attached hydrogen (secondary N) is 2. The van der Waals surface area contributed by atoms with Gasteiger partial charge in [0.1, 0.15) is 0 Å². The monoisotopic (exact) mass is 339 g/mol. The van der Waals surface area contributed by atoms with Crippen molar-refractivity contribution in [1.82, 2.24) is 10.3 Å². The number of hydrogen-bond donors (Lipinski definition) is 2. The van der Waals surface area contributed by atoms with Crippen LogP contribution in [0.4, 0.5) is 10.5 Å². The number of ether oxygens (including phenoxy) is 1. The number of esters is 1. The summed E-state index contributed by atoms with van der Waals surface area (Å²) in [5.41, 5.74) is 3.04. The van der Waals surface area contributed by atoms with Crippen molar-refractivity contribution in [2.24, 2.45) is 5.92 Å². The molecule has 2 amide bonds. The first-order valence-electron chi connectivity index (χ1n) is 8.26. The lowest BCUT2D eigenvalue weighted by atomic mass is 10.0. The Morgan fingerprint density at radius 3 is 2.52 bits per heavy atom. The molecule has 3 rings (SSSR count). The largest absolute Gasteiger partial charge is 0.465 e. The maximum atomic E-state index is 12.4. The number of hydrogen-bond acceptors (Lipinski definition) is 4. The van der Waals surface area contributed by atoms with Crippen molar-refractivity contribution in [3.63, 3.8) is 0 Å². The van der Waals surface area contributed by atoms with E-state index >= 15 is 0 Å². The van der Waals surface area contributed by atoms with Crippen LogP contribution in [0.2, 0.25) is 0 Å². The molecule has 0 aliphatic heterocycles. The standard InChI is InChI=1S/C19H21N3O3/c1-12-4-3-11-20-16(12)17(13-5-6-13)22-19(24)21-15-9-7-14(8-10-15)18(23)25-2/h3-4,7-11,13,17H,5-6H2,1-2H3,(H2,21,22,24). The average Bonchev–Trinajstić information content (AvgIpc) is 3.45. The second kappa shape index (κ2) is 7.34. The van der Waals surface area contributed by atoms with Crippen LogP contribution < -0.4 is 10.6 Å². The zero-order valence-corrected chi connectivity index (χ0v) is 14.3. The number of rotatable bonds is 5. The van der Waals surface area contributed by atoms with E-state index in [1.165, 1.54) is 7.11 Å². The summed E-state index contributed by atoms with van der Waals surface area (Å²) < 4.78 is 4.66. The number of pyridine rings is 1. The number of nitrogens with zero attached hydrogens (tertiary/aromatic N) is 1. The molecule has 0 spiro atoms. The lowest BCUT2D eigenvalue weighted by Crippen LogP contribution is -2.34. The molecule has 6 nitrogen and oxygen atoms in total. The minimum absolute atomic E-state index is 0.0875. The molecule has 0 saturated heterocycles. The molecule has 25 heavy (non-hydrogen) atoms. The third kappa shape index (κ3) is 4.15. The maximum absolute atomic E-state index is 12.4. The molecule has 0 bridgehead atoms. The second-order valence-electron chi connectivity index (χ2n) is 6.19. The highest BCUT2D eigenvalue weighted by Gasteiger charge is 2.35. The van der Waals surface area contributed by atoms with E-state index in [0.29, 0.717) is 17.2 Å². The molecule has 1 saturated carbocycles. The Bertz CT molecular complexity index is 770. The van der Waals surface area contributed by atoms with Gasteiger partial charge in [0.2, 0.25) is 0 Å². The van der Waals surface area contributed by atoms with E-state index in [-0.39, 0.29) is 12.1 Å². The van der Waals surface area contributed by atoms with Crippen LogP contribution >= 0.6 is 0 Å². The van der Waals surface area contributed by atoms with Gasteiger partial charge in [-0.25, -0.2) is 9.59 Å². The van der Waals surface area contributed by atoms with Gasteiger partial charge in [0, 0.05) is 11.9 Å². The molecule has 1 fully saturated rings. The molecule has 0 radical (unpaired) electrons. The zero-order valence-electron chi connectivity index (χ0n) is 14.3. The molecule has 6 heteroatoms. The van der Waals surface area contributed by atoms with Crippen molar-refractivity contribution in [2.75, 3.05) is 12.4 Å². The van der Waals surface area contributed by atoms with E-state index in [2.05, 4.69) is 20.4 Å². The Morgan fingerprint density at radius 1 is 1.20 bits per heavy atom. The van der Waals surface area contributed by atoms with Crippen LogP contribution in [-0.4, -0.2) is 24.1 Å². The smallest absolute Gasteiger partial charge is 0.337 e. The topological polar surface area (TPSA) is 80.3 Å². The number of aryl methyl sites for hydroxylation is 1. The predicted octanol–water partition coefficient (Wildman–Crippen LogP) is 3.45. The number of anilines is 1. The molecule has 1 atom stereocenters. The van der Waals surface area contributed by atoms with Gasteiger partial charge >= 0.3 is 12.0 Å². The summed E-state index contributed by atoms with van der Waals surface area (Å²) in [4.78, 5) is 28.3. The fourth-order valence-corrected chi connectivity index (χ4v) is 2.78. The van der Waals surface area contributed by atoms with Gasteiger partial charge in [0.05, 0.1) is 24.4 Å². The Balaban J connectivity index is 1.66. The van der Waals surface area contributed by atoms with Gasteiger partial charge in [-0.05, 0) is 61.6 Å². The number of carbonyl (C=O) groups excluding carboxylic acids is 2. The minimum atomic E-state index is -0.407. The summed E-state index contributed by atoms with van der Waals surface area (Å²) in [7, 11) is 1.33. The molecule has 1 unspecified atom stereocenters. The molecule has 1 heterocycles. The number of aromatic nitrogens is 1. The van der Waals surface area contributed by atoms with E-state index in [1.807, 2.05) is 19.1 Å². The van der Waals surface area contributed by atoms with E-state index in [0.717, 1.165) is 24.1 Å². The maximum Gasteiger partial charge on any atom is 0.337 e. The summed E-state index contributed by atoms with van der Waals surface area (Å²) in [5.74, 6) is 0.0245. The van der Waals surface area contributed by atoms with Crippen LogP contribution in [0, 0.1) is 12.8 Å². The van der Waals surface area contributed by atoms with Gasteiger partial charge in [-0.2, -0.15) is 0 Å². The number of methoxy groups -OCH3 is 1. The Labute approximate surface area is 146 Å². The van der Waals surface area contributed by atoms with Crippen LogP contribution in [0.5, 0.6) is 0 Å². The van der Waals surface area contributed by atoms with Crippen LogP contribution in [0.15, 0.2) is 42.6 Å². The Kier molecular flexibility index (Phi) is 4.97. The highest BCUT2D eigenvalue weighted by molar-refractivity contribution is 5.92. The van der Waals surface area contributed by atoms with Crippen molar-refractivity contribution in [2.45, 2.75) is 25.8 Å². The number of amides is 2. The molecule has 2 aromatic rings. The molecule has 1 aliphatic carbocycles. The van der Waals surface area contributed by atoms with E-state index < -0.39 is 5.97 Å². The molecule has 1 aliphatic rings. The van der Waals surface area contributed by atoms with E-state index in [1.54, 1.807) is 30.5 Å². The molecular formula is C19H21N3O3. The van der Waals surface area contributed by atoms with Crippen molar-refractivity contribution >= 4 is 17.7 Å². The molecule has 1 aromatic carbocycles. The molecular weight excluding hydrogens is 318 g/mol. The third-order valence-corrected chi connectivity index (χ3v) is 4.29. The van der Waals surface area contributed by atoms with E-state index in [9.17, 15) is 9.59 Å². The summed E-state index contributed by atoms with van der Waals surface area (Å²) in [6.45, 7) is 2.00. The fraction of sp³-hybridized carbons (Fsp3) is 0.316. The minimum Gasteiger partial charge on any atom is -0.465 e. The van der Waals surface area contributed by atoms with Crippen molar-refractivity contribution in [3.05, 3.63) is 59.4 Å². The van der Waals surface area contributed by atoms with Crippen molar-refractivity contribution in [1.29, 1.82) is 0 Å². The summed E-state index contributed by atoms with van der Waals surface area (Å²) >= 11 is 0. The zero-order chi connectivity index (χ0) is 17.8. The van der Waals surface area contributed by atoms with Gasteiger partial charge in [-0.3, -0.25) is 4.98 Å². The molecule has 1 aromatic heterocycles. The first-order chi connectivity index (χ1) is 12.1. The second-order valence-corrected chi connectivity index (χ2v) is 6.19. The van der Waals surface area contributed by atoms with Gasteiger partial charge in [-0.15, -0.1) is 0 Å². The summed E-state index contributed by atoms with van der Waals surface area (Å²) in [5, 5.41) is 5.83. The van der Waals surface area contributed by atoms with Gasteiger partial charge in [0.25, 0.3) is 0 Å². The van der Waals surface area contributed by atoms with Gasteiger partial charge in [-0.1, -0.05) is 6.07 Å². The molecule has 130 valence electrons. The number of urea groups is 1. The summed E-state index contributed by atoms with van der Waals surface area (Å²) in [6.07, 6.45) is 3.94. The van der Waals surface area contributed by atoms with Gasteiger partial charge in [0.15, 0.2) is 0 Å². The van der Waals surface area contributed by atoms with Crippen LogP contribution in [0.25, 0.3) is 0 Å². The fourth-order valence-electron chi connectivity index (χ4n) is 2.78. The van der Waals surface area contributed by atoms with Crippen LogP contribution in [-0.2, 0) is 4.74 Å². The normalized spacial score (nSPS) is 14.5. The van der Waals surface area contributed by atoms with Crippen LogP contribution in [0.3, 0.4) is 0 Å². The summed E-state index contributed by atoms with van der Waals surface area (Å²) in [6, 6.07) is 10.1. The Hall–Kier alpha value is -2.89. The van der Waals surface area contributed by atoms with E-state index in [4.69, 9.17) is 0 Å². The number of carbonyl (C=O) groups is 2. The lowest BCUT2D eigenvalue weighted by molar-refractivity contribution is 0.0601. The lowest BCUT2D eigenvalue weighted by Gasteiger charge is -2.20. The molecule has 2 N–H and O–H groups in total. The number of benzene rings is 1. The quantitative estimate of drug-likeness (QED) is 0.818. The average molecular weight is 339 g/mol. The highest BCUT2D eigenvalue weighted by Crippen LogP contribution is 2.41. The van der Waals surface area contributed by atoms with Gasteiger partial charge < -0.3 is 15.4 Å². The van der Waals surface area contributed by atoms with Crippen molar-refractivity contribution in [3.8, 4) is 0 Å². The first kappa shape index (κ1) is 17.0.